The van der Waals surface area contributed by atoms with Crippen LogP contribution < -0.4 is 14.2 Å². The molecule has 3 aromatic carbocycles. The maximum absolute atomic E-state index is 6.15. The third kappa shape index (κ3) is 5.55. The van der Waals surface area contributed by atoms with Gasteiger partial charge in [0.15, 0.2) is 11.0 Å². The first-order valence-corrected chi connectivity index (χ1v) is 11.4. The number of thioether (sulfide) groups is 1. The summed E-state index contributed by atoms with van der Waals surface area (Å²) in [6.07, 6.45) is 0. The van der Waals surface area contributed by atoms with E-state index >= 15 is 0 Å². The zero-order valence-electron chi connectivity index (χ0n) is 17.5. The molecular weight excluding hydrogens is 446 g/mol. The van der Waals surface area contributed by atoms with Crippen molar-refractivity contribution < 1.29 is 14.2 Å². The molecule has 6 nitrogen and oxygen atoms in total. The SMILES string of the molecule is COc1ccc(OCc2nnc(SCCOc3ccccc3Cl)n2-c2ccccc2)cc1. The van der Waals surface area contributed by atoms with Crippen LogP contribution in [0, 0.1) is 0 Å². The van der Waals surface area contributed by atoms with Crippen molar-refractivity contribution in [2.45, 2.75) is 11.8 Å². The lowest BCUT2D eigenvalue weighted by atomic mass is 10.3. The van der Waals surface area contributed by atoms with Crippen LogP contribution in [-0.2, 0) is 6.61 Å². The number of methoxy groups -OCH3 is 1. The normalized spacial score (nSPS) is 10.7. The molecule has 0 saturated carbocycles. The first kappa shape index (κ1) is 22.0. The molecule has 0 aliphatic heterocycles. The molecule has 32 heavy (non-hydrogen) atoms. The maximum Gasteiger partial charge on any atom is 0.196 e. The molecule has 0 spiro atoms. The Morgan fingerprint density at radius 1 is 0.844 bits per heavy atom. The summed E-state index contributed by atoms with van der Waals surface area (Å²) in [6, 6.07) is 24.9. The fourth-order valence-electron chi connectivity index (χ4n) is 2.99. The first-order chi connectivity index (χ1) is 15.7. The number of ether oxygens (including phenoxy) is 3. The average Bonchev–Trinajstić information content (AvgIpc) is 3.25. The summed E-state index contributed by atoms with van der Waals surface area (Å²) in [5.41, 5.74) is 0.973. The van der Waals surface area contributed by atoms with Crippen molar-refractivity contribution in [1.29, 1.82) is 0 Å². The second-order valence-electron chi connectivity index (χ2n) is 6.66. The van der Waals surface area contributed by atoms with Crippen molar-refractivity contribution in [3.63, 3.8) is 0 Å². The van der Waals surface area contributed by atoms with Crippen LogP contribution in [0.15, 0.2) is 84.0 Å². The number of nitrogens with zero attached hydrogens (tertiary/aromatic N) is 3. The summed E-state index contributed by atoms with van der Waals surface area (Å²) in [4.78, 5) is 0. The molecule has 0 aliphatic carbocycles. The third-order valence-electron chi connectivity index (χ3n) is 4.55. The smallest absolute Gasteiger partial charge is 0.196 e. The van der Waals surface area contributed by atoms with Gasteiger partial charge in [0.2, 0.25) is 0 Å². The number of hydrogen-bond donors (Lipinski definition) is 0. The summed E-state index contributed by atoms with van der Waals surface area (Å²) < 4.78 is 18.9. The molecule has 0 atom stereocenters. The Bertz CT molecular complexity index is 1140. The molecule has 0 bridgehead atoms. The predicted molar refractivity (Wildman–Crippen MR) is 126 cm³/mol. The minimum absolute atomic E-state index is 0.283. The van der Waals surface area contributed by atoms with Gasteiger partial charge >= 0.3 is 0 Å². The molecule has 0 amide bonds. The fraction of sp³-hybridized carbons (Fsp3) is 0.167. The summed E-state index contributed by atoms with van der Waals surface area (Å²) in [5, 5.41) is 10.1. The quantitative estimate of drug-likeness (QED) is 0.221. The second kappa shape index (κ2) is 10.9. The van der Waals surface area contributed by atoms with E-state index in [0.29, 0.717) is 29.0 Å². The van der Waals surface area contributed by atoms with E-state index in [0.717, 1.165) is 22.3 Å². The van der Waals surface area contributed by atoms with Crippen molar-refractivity contribution in [3.8, 4) is 22.9 Å². The molecule has 4 rings (SSSR count). The number of benzene rings is 3. The van der Waals surface area contributed by atoms with Crippen LogP contribution in [0.4, 0.5) is 0 Å². The van der Waals surface area contributed by atoms with Crippen molar-refractivity contribution in [1.82, 2.24) is 14.8 Å². The van der Waals surface area contributed by atoms with Crippen molar-refractivity contribution in [3.05, 3.63) is 89.7 Å². The van der Waals surface area contributed by atoms with Gasteiger partial charge in [0.05, 0.1) is 18.7 Å². The van der Waals surface area contributed by atoms with E-state index < -0.39 is 0 Å². The third-order valence-corrected chi connectivity index (χ3v) is 5.76. The highest BCUT2D eigenvalue weighted by atomic mass is 35.5. The highest BCUT2D eigenvalue weighted by Gasteiger charge is 2.15. The van der Waals surface area contributed by atoms with Gasteiger partial charge in [0.1, 0.15) is 23.9 Å². The van der Waals surface area contributed by atoms with Gasteiger partial charge in [-0.1, -0.05) is 53.7 Å². The van der Waals surface area contributed by atoms with E-state index in [1.165, 1.54) is 0 Å². The summed E-state index contributed by atoms with van der Waals surface area (Å²) in [6.45, 7) is 0.776. The van der Waals surface area contributed by atoms with Gasteiger partial charge < -0.3 is 14.2 Å². The van der Waals surface area contributed by atoms with Crippen molar-refractivity contribution in [2.75, 3.05) is 19.5 Å². The Morgan fingerprint density at radius 2 is 1.56 bits per heavy atom. The van der Waals surface area contributed by atoms with E-state index in [1.54, 1.807) is 18.9 Å². The van der Waals surface area contributed by atoms with Crippen LogP contribution >= 0.6 is 23.4 Å². The van der Waals surface area contributed by atoms with E-state index in [4.69, 9.17) is 25.8 Å². The zero-order chi connectivity index (χ0) is 22.2. The van der Waals surface area contributed by atoms with Crippen molar-refractivity contribution >= 4 is 23.4 Å². The van der Waals surface area contributed by atoms with Crippen LogP contribution in [0.5, 0.6) is 17.2 Å². The minimum atomic E-state index is 0.283. The number of para-hydroxylation sites is 2. The Hall–Kier alpha value is -3.16. The average molecular weight is 468 g/mol. The Kier molecular flexibility index (Phi) is 7.53. The van der Waals surface area contributed by atoms with Crippen molar-refractivity contribution in [2.24, 2.45) is 0 Å². The largest absolute Gasteiger partial charge is 0.497 e. The lowest BCUT2D eigenvalue weighted by Gasteiger charge is -2.12. The topological polar surface area (TPSA) is 58.4 Å². The zero-order valence-corrected chi connectivity index (χ0v) is 19.1. The summed E-state index contributed by atoms with van der Waals surface area (Å²) >= 11 is 7.72. The van der Waals surface area contributed by atoms with E-state index in [-0.39, 0.29) is 6.61 Å². The standard InChI is InChI=1S/C24H22ClN3O3S/c1-29-19-11-13-20(14-12-19)31-17-23-26-27-24(28(23)18-7-3-2-4-8-18)32-16-15-30-22-10-6-5-9-21(22)25/h2-14H,15-17H2,1H3. The highest BCUT2D eigenvalue weighted by Crippen LogP contribution is 2.26. The summed E-state index contributed by atoms with van der Waals surface area (Å²) in [7, 11) is 1.64. The monoisotopic (exact) mass is 467 g/mol. The number of halogens is 1. The molecule has 4 aromatic rings. The number of rotatable bonds is 10. The van der Waals surface area contributed by atoms with Crippen LogP contribution in [0.2, 0.25) is 5.02 Å². The molecule has 0 fully saturated rings. The molecule has 0 N–H and O–H groups in total. The van der Waals surface area contributed by atoms with Crippen LogP contribution in [-0.4, -0.2) is 34.2 Å². The Morgan fingerprint density at radius 3 is 2.31 bits per heavy atom. The van der Waals surface area contributed by atoms with Crippen LogP contribution in [0.25, 0.3) is 5.69 Å². The first-order valence-electron chi connectivity index (χ1n) is 10.0. The van der Waals surface area contributed by atoms with Gasteiger partial charge in [0.25, 0.3) is 0 Å². The lowest BCUT2D eigenvalue weighted by molar-refractivity contribution is 0.292. The maximum atomic E-state index is 6.15. The molecule has 0 saturated heterocycles. The van der Waals surface area contributed by atoms with Gasteiger partial charge in [0, 0.05) is 11.4 Å². The molecule has 0 aliphatic rings. The predicted octanol–water partition coefficient (Wildman–Crippen LogP) is 5.68. The van der Waals surface area contributed by atoms with Gasteiger partial charge in [-0.25, -0.2) is 0 Å². The lowest BCUT2D eigenvalue weighted by Crippen LogP contribution is -2.07. The fourth-order valence-corrected chi connectivity index (χ4v) is 3.97. The highest BCUT2D eigenvalue weighted by molar-refractivity contribution is 7.99. The minimum Gasteiger partial charge on any atom is -0.497 e. The molecule has 0 radical (unpaired) electrons. The molecule has 0 unspecified atom stereocenters. The van der Waals surface area contributed by atoms with E-state index in [2.05, 4.69) is 10.2 Å². The van der Waals surface area contributed by atoms with Gasteiger partial charge in [-0.15, -0.1) is 10.2 Å². The Balaban J connectivity index is 1.44. The molecule has 1 heterocycles. The molecule has 8 heteroatoms. The van der Waals surface area contributed by atoms with Gasteiger partial charge in [-0.2, -0.15) is 0 Å². The second-order valence-corrected chi connectivity index (χ2v) is 8.13. The van der Waals surface area contributed by atoms with E-state index in [1.807, 2.05) is 83.4 Å². The summed E-state index contributed by atoms with van der Waals surface area (Å²) in [5.74, 6) is 3.59. The molecular formula is C24H22ClN3O3S. The number of aromatic nitrogens is 3. The number of hydrogen-bond acceptors (Lipinski definition) is 6. The van der Waals surface area contributed by atoms with Crippen LogP contribution in [0.1, 0.15) is 5.82 Å². The van der Waals surface area contributed by atoms with Gasteiger partial charge in [-0.3, -0.25) is 4.57 Å². The van der Waals surface area contributed by atoms with Crippen LogP contribution in [0.3, 0.4) is 0 Å². The Labute approximate surface area is 196 Å². The molecule has 1 aromatic heterocycles. The van der Waals surface area contributed by atoms with Gasteiger partial charge in [-0.05, 0) is 48.5 Å². The molecule has 164 valence electrons. The van der Waals surface area contributed by atoms with E-state index in [9.17, 15) is 0 Å².